The second-order valence-electron chi connectivity index (χ2n) is 6.07. The molecule has 1 aromatic heterocycles. The molecule has 3 aromatic rings. The Bertz CT molecular complexity index is 1020. The number of hydrogen-bond donors (Lipinski definition) is 1. The van der Waals surface area contributed by atoms with Crippen LogP contribution in [-0.2, 0) is 23.3 Å². The van der Waals surface area contributed by atoms with E-state index in [9.17, 15) is 13.2 Å². The maximum Gasteiger partial charge on any atom is 0.267 e. The number of aryl methyl sites for hydroxylation is 1. The normalized spacial score (nSPS) is 11.6. The lowest BCUT2D eigenvalue weighted by molar-refractivity contribution is 0.0946. The minimum atomic E-state index is -3.27. The average Bonchev–Trinajstić information content (AvgIpc) is 2.91. The first kappa shape index (κ1) is 17.2. The van der Waals surface area contributed by atoms with E-state index in [0.717, 1.165) is 22.9 Å². The van der Waals surface area contributed by atoms with Crippen LogP contribution >= 0.6 is 0 Å². The van der Waals surface area contributed by atoms with E-state index in [-0.39, 0.29) is 10.8 Å². The lowest BCUT2D eigenvalue weighted by atomic mass is 10.1. The van der Waals surface area contributed by atoms with Gasteiger partial charge in [-0.1, -0.05) is 30.3 Å². The molecule has 0 fully saturated rings. The molecule has 5 nitrogen and oxygen atoms in total. The van der Waals surface area contributed by atoms with Crippen LogP contribution < -0.4 is 5.32 Å². The molecule has 0 bridgehead atoms. The lowest BCUT2D eigenvalue weighted by Crippen LogP contribution is -2.27. The van der Waals surface area contributed by atoms with Gasteiger partial charge in [0, 0.05) is 30.8 Å². The van der Waals surface area contributed by atoms with E-state index in [1.807, 2.05) is 30.3 Å². The number of hydrogen-bond acceptors (Lipinski definition) is 3. The predicted octanol–water partition coefficient (Wildman–Crippen LogP) is 2.55. The van der Waals surface area contributed by atoms with Crippen LogP contribution in [-0.4, -0.2) is 31.7 Å². The summed E-state index contributed by atoms with van der Waals surface area (Å²) in [5, 5.41) is 3.65. The van der Waals surface area contributed by atoms with Gasteiger partial charge in [-0.3, -0.25) is 4.79 Å². The van der Waals surface area contributed by atoms with Gasteiger partial charge in [-0.2, -0.15) is 0 Å². The highest BCUT2D eigenvalue weighted by Gasteiger charge is 2.15. The Balaban J connectivity index is 1.78. The Morgan fingerprint density at radius 3 is 2.48 bits per heavy atom. The Kier molecular flexibility index (Phi) is 4.63. The number of benzene rings is 2. The molecule has 0 aliphatic carbocycles. The Morgan fingerprint density at radius 2 is 1.80 bits per heavy atom. The summed E-state index contributed by atoms with van der Waals surface area (Å²) < 4.78 is 25.2. The van der Waals surface area contributed by atoms with Crippen molar-refractivity contribution in [1.29, 1.82) is 0 Å². The topological polar surface area (TPSA) is 68.2 Å². The molecule has 1 N–H and O–H groups in total. The molecule has 0 radical (unpaired) electrons. The smallest absolute Gasteiger partial charge is 0.267 e. The van der Waals surface area contributed by atoms with Crippen molar-refractivity contribution in [2.24, 2.45) is 7.05 Å². The number of carbonyl (C=O) groups is 1. The third-order valence-electron chi connectivity index (χ3n) is 4.22. The van der Waals surface area contributed by atoms with E-state index in [1.165, 1.54) is 6.26 Å². The summed E-state index contributed by atoms with van der Waals surface area (Å²) in [7, 11) is -1.47. The number of nitrogens with one attached hydrogen (secondary N) is 1. The van der Waals surface area contributed by atoms with Crippen LogP contribution in [0.4, 0.5) is 0 Å². The summed E-state index contributed by atoms with van der Waals surface area (Å²) >= 11 is 0. The van der Waals surface area contributed by atoms with Crippen LogP contribution in [0.2, 0.25) is 0 Å². The molecule has 1 heterocycles. The molecule has 130 valence electrons. The maximum atomic E-state index is 12.5. The van der Waals surface area contributed by atoms with E-state index < -0.39 is 9.84 Å². The lowest BCUT2D eigenvalue weighted by Gasteiger charge is -2.07. The SMILES string of the molecule is Cn1c(C(=O)NCCc2ccccc2)cc2cc(S(C)(=O)=O)ccc21. The Morgan fingerprint density at radius 1 is 1.08 bits per heavy atom. The molecule has 0 aliphatic rings. The minimum Gasteiger partial charge on any atom is -0.350 e. The van der Waals surface area contributed by atoms with Gasteiger partial charge in [-0.05, 0) is 36.2 Å². The number of aromatic nitrogens is 1. The number of amides is 1. The van der Waals surface area contributed by atoms with Gasteiger partial charge in [-0.15, -0.1) is 0 Å². The molecular formula is C19H20N2O3S. The summed E-state index contributed by atoms with van der Waals surface area (Å²) in [4.78, 5) is 12.7. The van der Waals surface area contributed by atoms with Gasteiger partial charge in [0.25, 0.3) is 5.91 Å². The van der Waals surface area contributed by atoms with Gasteiger partial charge < -0.3 is 9.88 Å². The molecule has 0 spiro atoms. The molecule has 3 rings (SSSR count). The van der Waals surface area contributed by atoms with Gasteiger partial charge in [-0.25, -0.2) is 8.42 Å². The quantitative estimate of drug-likeness (QED) is 0.764. The first-order valence-corrected chi connectivity index (χ1v) is 9.87. The van der Waals surface area contributed by atoms with Crippen molar-refractivity contribution in [3.8, 4) is 0 Å². The highest BCUT2D eigenvalue weighted by atomic mass is 32.2. The monoisotopic (exact) mass is 356 g/mol. The van der Waals surface area contributed by atoms with Crippen LogP contribution in [0.1, 0.15) is 16.1 Å². The van der Waals surface area contributed by atoms with Gasteiger partial charge >= 0.3 is 0 Å². The van der Waals surface area contributed by atoms with E-state index in [1.54, 1.807) is 35.9 Å². The Labute approximate surface area is 147 Å². The third-order valence-corrected chi connectivity index (χ3v) is 5.33. The number of rotatable bonds is 5. The van der Waals surface area contributed by atoms with Crippen LogP contribution in [0.15, 0.2) is 59.5 Å². The molecule has 0 unspecified atom stereocenters. The van der Waals surface area contributed by atoms with E-state index in [0.29, 0.717) is 12.2 Å². The van der Waals surface area contributed by atoms with Crippen LogP contribution in [0.25, 0.3) is 10.9 Å². The molecule has 25 heavy (non-hydrogen) atoms. The fraction of sp³-hybridized carbons (Fsp3) is 0.211. The first-order chi connectivity index (χ1) is 11.9. The van der Waals surface area contributed by atoms with Gasteiger partial charge in [0.1, 0.15) is 5.69 Å². The Hall–Kier alpha value is -2.60. The maximum absolute atomic E-state index is 12.5. The largest absolute Gasteiger partial charge is 0.350 e. The number of carbonyl (C=O) groups excluding carboxylic acids is 1. The first-order valence-electron chi connectivity index (χ1n) is 7.98. The van der Waals surface area contributed by atoms with Crippen molar-refractivity contribution >= 4 is 26.6 Å². The van der Waals surface area contributed by atoms with Gasteiger partial charge in [0.2, 0.25) is 0 Å². The van der Waals surface area contributed by atoms with E-state index in [4.69, 9.17) is 0 Å². The second kappa shape index (κ2) is 6.72. The van der Waals surface area contributed by atoms with Crippen molar-refractivity contribution in [2.75, 3.05) is 12.8 Å². The average molecular weight is 356 g/mol. The zero-order valence-corrected chi connectivity index (χ0v) is 15.0. The summed E-state index contributed by atoms with van der Waals surface area (Å²) in [6.45, 7) is 0.541. The number of sulfone groups is 1. The predicted molar refractivity (Wildman–Crippen MR) is 98.5 cm³/mol. The van der Waals surface area contributed by atoms with Crippen molar-refractivity contribution in [2.45, 2.75) is 11.3 Å². The second-order valence-corrected chi connectivity index (χ2v) is 8.09. The summed E-state index contributed by atoms with van der Waals surface area (Å²) in [5.74, 6) is -0.171. The molecule has 0 saturated carbocycles. The number of nitrogens with zero attached hydrogens (tertiary/aromatic N) is 1. The standard InChI is InChI=1S/C19H20N2O3S/c1-21-17-9-8-16(25(2,23)24)12-15(17)13-18(21)19(22)20-11-10-14-6-4-3-5-7-14/h3-9,12-13H,10-11H2,1-2H3,(H,20,22). The summed E-state index contributed by atoms with van der Waals surface area (Å²) in [6, 6.07) is 16.6. The summed E-state index contributed by atoms with van der Waals surface area (Å²) in [6.07, 6.45) is 1.93. The fourth-order valence-corrected chi connectivity index (χ4v) is 3.49. The molecule has 0 saturated heterocycles. The van der Waals surface area contributed by atoms with Crippen LogP contribution in [0, 0.1) is 0 Å². The van der Waals surface area contributed by atoms with Crippen molar-refractivity contribution < 1.29 is 13.2 Å². The van der Waals surface area contributed by atoms with Gasteiger partial charge in [0.15, 0.2) is 9.84 Å². The molecule has 0 aliphatic heterocycles. The van der Waals surface area contributed by atoms with Crippen molar-refractivity contribution in [3.05, 3.63) is 65.9 Å². The number of fused-ring (bicyclic) bond motifs is 1. The highest BCUT2D eigenvalue weighted by molar-refractivity contribution is 7.90. The van der Waals surface area contributed by atoms with Gasteiger partial charge in [0.05, 0.1) is 4.90 Å². The van der Waals surface area contributed by atoms with E-state index >= 15 is 0 Å². The van der Waals surface area contributed by atoms with E-state index in [2.05, 4.69) is 5.32 Å². The molecule has 1 amide bonds. The van der Waals surface area contributed by atoms with Crippen LogP contribution in [0.3, 0.4) is 0 Å². The van der Waals surface area contributed by atoms with Crippen molar-refractivity contribution in [3.63, 3.8) is 0 Å². The molecular weight excluding hydrogens is 336 g/mol. The van der Waals surface area contributed by atoms with Crippen LogP contribution in [0.5, 0.6) is 0 Å². The van der Waals surface area contributed by atoms with Crippen molar-refractivity contribution in [1.82, 2.24) is 9.88 Å². The molecule has 2 aromatic carbocycles. The highest BCUT2D eigenvalue weighted by Crippen LogP contribution is 2.22. The fourth-order valence-electron chi connectivity index (χ4n) is 2.83. The zero-order chi connectivity index (χ0) is 18.0. The third kappa shape index (κ3) is 3.74. The summed E-state index contributed by atoms with van der Waals surface area (Å²) in [5.41, 5.74) is 2.49. The molecule has 0 atom stereocenters. The minimum absolute atomic E-state index is 0.171. The molecule has 6 heteroatoms. The zero-order valence-electron chi connectivity index (χ0n) is 14.2.